The summed E-state index contributed by atoms with van der Waals surface area (Å²) in [6.07, 6.45) is 16.8. The van der Waals surface area contributed by atoms with Gasteiger partial charge in [-0.25, -0.2) is 0 Å². The lowest BCUT2D eigenvalue weighted by Crippen LogP contribution is -2.53. The zero-order valence-corrected chi connectivity index (χ0v) is 17.4. The largest absolute Gasteiger partial charge is 0.320 e. The molecule has 0 spiro atoms. The number of hydrogen-bond donors (Lipinski definition) is 1. The van der Waals surface area contributed by atoms with Gasteiger partial charge in [-0.2, -0.15) is 0 Å². The van der Waals surface area contributed by atoms with E-state index >= 15 is 0 Å². The molecule has 4 aliphatic carbocycles. The van der Waals surface area contributed by atoms with E-state index in [-0.39, 0.29) is 0 Å². The maximum absolute atomic E-state index is 3.39. The molecule has 1 N–H and O–H groups in total. The first kappa shape index (κ1) is 18.3. The van der Waals surface area contributed by atoms with Gasteiger partial charge in [-0.05, 0) is 118 Å². The standard InChI is InChI=1S/C24H43N/c1-17(13-16-25-4)20-10-11-21-19-9-8-18-7-5-6-14-23(18,2)22(19)12-15-24(20,21)3/h17-22,25H,5-16H2,1-4H3/t17-,18?,19?,20?,21?,22?,23?,24?/m1/s1. The highest BCUT2D eigenvalue weighted by atomic mass is 14.8. The maximum Gasteiger partial charge on any atom is -0.00493 e. The molecule has 0 aromatic carbocycles. The van der Waals surface area contributed by atoms with E-state index in [2.05, 4.69) is 33.1 Å². The first-order valence-corrected chi connectivity index (χ1v) is 11.7. The molecular formula is C24H43N. The Morgan fingerprint density at radius 3 is 2.48 bits per heavy atom. The van der Waals surface area contributed by atoms with Crippen LogP contribution in [0.5, 0.6) is 0 Å². The SMILES string of the molecule is CNCC[C@@H](C)C1CCC2C3CCC4CCCCC4(C)C3CCC21C. The van der Waals surface area contributed by atoms with E-state index in [4.69, 9.17) is 0 Å². The van der Waals surface area contributed by atoms with Gasteiger partial charge in [0.05, 0.1) is 0 Å². The highest BCUT2D eigenvalue weighted by Gasteiger charge is 2.59. The topological polar surface area (TPSA) is 12.0 Å². The second-order valence-electron chi connectivity index (χ2n) is 11.0. The van der Waals surface area contributed by atoms with Crippen molar-refractivity contribution in [2.45, 2.75) is 91.4 Å². The lowest BCUT2D eigenvalue weighted by molar-refractivity contribution is -0.114. The molecule has 4 aliphatic rings. The summed E-state index contributed by atoms with van der Waals surface area (Å²) in [7, 11) is 2.11. The van der Waals surface area contributed by atoms with E-state index in [0.29, 0.717) is 10.8 Å². The minimum Gasteiger partial charge on any atom is -0.320 e. The van der Waals surface area contributed by atoms with Crippen LogP contribution in [0.3, 0.4) is 0 Å². The van der Waals surface area contributed by atoms with Crippen molar-refractivity contribution in [2.75, 3.05) is 13.6 Å². The molecule has 0 saturated heterocycles. The molecule has 4 fully saturated rings. The number of nitrogens with one attached hydrogen (secondary N) is 1. The molecule has 4 rings (SSSR count). The summed E-state index contributed by atoms with van der Waals surface area (Å²) in [6, 6.07) is 0. The number of fused-ring (bicyclic) bond motifs is 5. The van der Waals surface area contributed by atoms with Gasteiger partial charge in [-0.1, -0.05) is 33.6 Å². The Morgan fingerprint density at radius 2 is 1.68 bits per heavy atom. The predicted octanol–water partition coefficient (Wildman–Crippen LogP) is 6.28. The van der Waals surface area contributed by atoms with E-state index < -0.39 is 0 Å². The fourth-order valence-electron chi connectivity index (χ4n) is 8.84. The van der Waals surface area contributed by atoms with E-state index in [0.717, 1.165) is 35.5 Å². The zero-order valence-electron chi connectivity index (χ0n) is 17.4. The normalized spacial score (nSPS) is 50.6. The quantitative estimate of drug-likeness (QED) is 0.632. The van der Waals surface area contributed by atoms with Crippen LogP contribution >= 0.6 is 0 Å². The molecule has 1 heteroatoms. The van der Waals surface area contributed by atoms with Gasteiger partial charge in [-0.15, -0.1) is 0 Å². The summed E-state index contributed by atoms with van der Waals surface area (Å²) < 4.78 is 0. The van der Waals surface area contributed by atoms with Gasteiger partial charge in [0.1, 0.15) is 0 Å². The highest BCUT2D eigenvalue weighted by molar-refractivity contribution is 5.09. The van der Waals surface area contributed by atoms with Crippen molar-refractivity contribution in [3.05, 3.63) is 0 Å². The van der Waals surface area contributed by atoms with Gasteiger partial charge >= 0.3 is 0 Å². The second-order valence-corrected chi connectivity index (χ2v) is 11.0. The van der Waals surface area contributed by atoms with Crippen LogP contribution in [0, 0.1) is 46.3 Å². The molecule has 0 bridgehead atoms. The van der Waals surface area contributed by atoms with Crippen LogP contribution in [0.4, 0.5) is 0 Å². The van der Waals surface area contributed by atoms with Gasteiger partial charge in [0, 0.05) is 0 Å². The van der Waals surface area contributed by atoms with Crippen LogP contribution in [-0.4, -0.2) is 13.6 Å². The van der Waals surface area contributed by atoms with E-state index in [1.54, 1.807) is 38.5 Å². The Kier molecular flexibility index (Phi) is 5.02. The van der Waals surface area contributed by atoms with E-state index in [1.165, 1.54) is 38.6 Å². The average Bonchev–Trinajstić information content (AvgIpc) is 2.96. The molecule has 4 saturated carbocycles. The van der Waals surface area contributed by atoms with Crippen molar-refractivity contribution in [3.63, 3.8) is 0 Å². The van der Waals surface area contributed by atoms with Crippen LogP contribution in [0.15, 0.2) is 0 Å². The van der Waals surface area contributed by atoms with Crippen LogP contribution in [-0.2, 0) is 0 Å². The molecule has 8 atom stereocenters. The Bertz CT molecular complexity index is 473. The monoisotopic (exact) mass is 345 g/mol. The smallest absolute Gasteiger partial charge is 0.00493 e. The fourth-order valence-corrected chi connectivity index (χ4v) is 8.84. The van der Waals surface area contributed by atoms with Crippen molar-refractivity contribution in [1.29, 1.82) is 0 Å². The lowest BCUT2D eigenvalue weighted by atomic mass is 9.44. The molecule has 144 valence electrons. The van der Waals surface area contributed by atoms with Crippen molar-refractivity contribution >= 4 is 0 Å². The zero-order chi connectivity index (χ0) is 17.7. The van der Waals surface area contributed by atoms with Crippen molar-refractivity contribution in [2.24, 2.45) is 46.3 Å². The minimum atomic E-state index is 0.659. The molecule has 0 aromatic heterocycles. The Hall–Kier alpha value is -0.0400. The van der Waals surface area contributed by atoms with Gasteiger partial charge in [0.15, 0.2) is 0 Å². The summed E-state index contributed by atoms with van der Waals surface area (Å²) >= 11 is 0. The molecule has 25 heavy (non-hydrogen) atoms. The van der Waals surface area contributed by atoms with Gasteiger partial charge < -0.3 is 5.32 Å². The third-order valence-electron chi connectivity index (χ3n) is 10.2. The molecule has 0 amide bonds. The van der Waals surface area contributed by atoms with Crippen LogP contribution in [0.2, 0.25) is 0 Å². The van der Waals surface area contributed by atoms with Crippen LogP contribution < -0.4 is 5.32 Å². The van der Waals surface area contributed by atoms with Gasteiger partial charge in [-0.3, -0.25) is 0 Å². The molecule has 0 radical (unpaired) electrons. The number of rotatable bonds is 4. The van der Waals surface area contributed by atoms with E-state index in [9.17, 15) is 0 Å². The highest BCUT2D eigenvalue weighted by Crippen LogP contribution is 2.68. The third-order valence-corrected chi connectivity index (χ3v) is 10.2. The second kappa shape index (κ2) is 6.84. The van der Waals surface area contributed by atoms with Crippen molar-refractivity contribution in [1.82, 2.24) is 5.32 Å². The Morgan fingerprint density at radius 1 is 0.880 bits per heavy atom. The van der Waals surface area contributed by atoms with Crippen LogP contribution in [0.25, 0.3) is 0 Å². The minimum absolute atomic E-state index is 0.659. The third kappa shape index (κ3) is 2.82. The summed E-state index contributed by atoms with van der Waals surface area (Å²) in [4.78, 5) is 0. The van der Waals surface area contributed by atoms with Crippen molar-refractivity contribution < 1.29 is 0 Å². The lowest BCUT2D eigenvalue weighted by Gasteiger charge is -2.61. The summed E-state index contributed by atoms with van der Waals surface area (Å²) in [5, 5.41) is 3.39. The first-order chi connectivity index (χ1) is 12.0. The predicted molar refractivity (Wildman–Crippen MR) is 108 cm³/mol. The first-order valence-electron chi connectivity index (χ1n) is 11.7. The summed E-state index contributed by atoms with van der Waals surface area (Å²) in [5.41, 5.74) is 1.37. The summed E-state index contributed by atoms with van der Waals surface area (Å²) in [5.74, 6) is 6.14. The number of hydrogen-bond acceptors (Lipinski definition) is 1. The molecule has 7 unspecified atom stereocenters. The Balaban J connectivity index is 1.53. The van der Waals surface area contributed by atoms with Gasteiger partial charge in [0.25, 0.3) is 0 Å². The molecule has 0 heterocycles. The molecule has 1 nitrogen and oxygen atoms in total. The maximum atomic E-state index is 3.39. The summed E-state index contributed by atoms with van der Waals surface area (Å²) in [6.45, 7) is 9.19. The van der Waals surface area contributed by atoms with Gasteiger partial charge in [0.2, 0.25) is 0 Å². The van der Waals surface area contributed by atoms with Crippen molar-refractivity contribution in [3.8, 4) is 0 Å². The molecular weight excluding hydrogens is 302 g/mol. The molecule has 0 aliphatic heterocycles. The molecule has 0 aromatic rings. The van der Waals surface area contributed by atoms with E-state index in [1.807, 2.05) is 0 Å². The Labute approximate surface area is 157 Å². The average molecular weight is 346 g/mol. The fraction of sp³-hybridized carbons (Fsp3) is 1.00. The van der Waals surface area contributed by atoms with Crippen LogP contribution in [0.1, 0.15) is 91.4 Å².